The Kier molecular flexibility index (Phi) is 8.42. The maximum absolute atomic E-state index is 13.5. The van der Waals surface area contributed by atoms with Crippen LogP contribution in [0.2, 0.25) is 0 Å². The van der Waals surface area contributed by atoms with E-state index in [1.807, 2.05) is 0 Å². The first-order chi connectivity index (χ1) is 16.2. The molecule has 3 aliphatic rings. The third-order valence-electron chi connectivity index (χ3n) is 6.56. The maximum Gasteiger partial charge on any atom is 0.305 e. The van der Waals surface area contributed by atoms with Gasteiger partial charge in [0.2, 0.25) is 17.7 Å². The fourth-order valence-corrected chi connectivity index (χ4v) is 5.00. The summed E-state index contributed by atoms with van der Waals surface area (Å²) < 4.78 is 0. The van der Waals surface area contributed by atoms with Crippen molar-refractivity contribution in [2.24, 2.45) is 16.5 Å². The molecule has 13 heteroatoms. The number of carbonyl (C=O) groups excluding carboxylic acids is 4. The molecule has 188 valence electrons. The van der Waals surface area contributed by atoms with Crippen molar-refractivity contribution >= 4 is 35.4 Å². The molecule has 3 rings (SSSR count). The lowest BCUT2D eigenvalue weighted by Gasteiger charge is -2.33. The molecule has 0 aromatic carbocycles. The molecule has 0 aromatic heterocycles. The second kappa shape index (κ2) is 11.3. The number of aliphatic imine (C=N–C) groups is 1. The van der Waals surface area contributed by atoms with Crippen molar-refractivity contribution in [1.29, 1.82) is 0 Å². The van der Waals surface area contributed by atoms with Crippen LogP contribution in [0.5, 0.6) is 0 Å². The van der Waals surface area contributed by atoms with Crippen molar-refractivity contribution in [3.05, 3.63) is 0 Å². The number of amides is 3. The highest BCUT2D eigenvalue weighted by Gasteiger charge is 2.46. The number of nitrogens with one attached hydrogen (secondary N) is 3. The zero-order valence-corrected chi connectivity index (χ0v) is 19.0. The predicted molar refractivity (Wildman–Crippen MR) is 120 cm³/mol. The van der Waals surface area contributed by atoms with Crippen LogP contribution < -0.4 is 27.4 Å². The molecule has 0 radical (unpaired) electrons. The molecule has 3 fully saturated rings. The van der Waals surface area contributed by atoms with E-state index in [4.69, 9.17) is 11.5 Å². The molecule has 0 unspecified atom stereocenters. The SMILES string of the molecule is NC(N)=NCCC[C@@H]1NC(=O)CNC(=O)[C@H](CC(=O)O)N[C@H]2CCC[C@@H]3CC[C@@H](C1=O)N3C2=O. The van der Waals surface area contributed by atoms with Crippen LogP contribution in [-0.2, 0) is 24.0 Å². The zero-order valence-electron chi connectivity index (χ0n) is 19.0. The van der Waals surface area contributed by atoms with Crippen LogP contribution in [0.15, 0.2) is 4.99 Å². The number of Topliss-reactive ketones (excluding diaryl/α,β-unsaturated/α-hetero) is 1. The predicted octanol–water partition coefficient (Wildman–Crippen LogP) is -2.43. The number of carboxylic acid groups (broad SMARTS) is 1. The van der Waals surface area contributed by atoms with E-state index >= 15 is 0 Å². The number of nitrogens with two attached hydrogens (primary N) is 2. The highest BCUT2D eigenvalue weighted by Crippen LogP contribution is 2.33. The minimum absolute atomic E-state index is 0.0729. The van der Waals surface area contributed by atoms with Crippen LogP contribution in [-0.4, -0.2) is 88.7 Å². The van der Waals surface area contributed by atoms with Gasteiger partial charge >= 0.3 is 5.97 Å². The highest BCUT2D eigenvalue weighted by molar-refractivity contribution is 5.98. The zero-order chi connectivity index (χ0) is 24.8. The molecule has 3 aliphatic heterocycles. The van der Waals surface area contributed by atoms with Gasteiger partial charge in [0.1, 0.15) is 0 Å². The van der Waals surface area contributed by atoms with Gasteiger partial charge in [-0.05, 0) is 44.9 Å². The van der Waals surface area contributed by atoms with E-state index in [0.29, 0.717) is 38.5 Å². The topological polar surface area (TPSA) is 209 Å². The summed E-state index contributed by atoms with van der Waals surface area (Å²) in [5.74, 6) is -3.14. The lowest BCUT2D eigenvalue weighted by atomic mass is 9.97. The van der Waals surface area contributed by atoms with E-state index < -0.39 is 54.9 Å². The Labute approximate surface area is 197 Å². The molecular formula is C21H33N7O6. The molecule has 13 nitrogen and oxygen atoms in total. The van der Waals surface area contributed by atoms with Crippen LogP contribution in [0.3, 0.4) is 0 Å². The number of ketones is 1. The summed E-state index contributed by atoms with van der Waals surface area (Å²) in [6, 6.07) is -3.67. The number of guanidine groups is 1. The Hall–Kier alpha value is -3.22. The van der Waals surface area contributed by atoms with Gasteiger partial charge in [-0.1, -0.05) is 0 Å². The Morgan fingerprint density at radius 3 is 2.56 bits per heavy atom. The van der Waals surface area contributed by atoms with Gasteiger partial charge in [-0.2, -0.15) is 0 Å². The molecule has 0 spiro atoms. The largest absolute Gasteiger partial charge is 0.481 e. The van der Waals surface area contributed by atoms with Crippen molar-refractivity contribution in [2.45, 2.75) is 81.6 Å². The number of nitrogens with zero attached hydrogens (tertiary/aromatic N) is 2. The van der Waals surface area contributed by atoms with Crippen molar-refractivity contribution in [3.8, 4) is 0 Å². The summed E-state index contributed by atoms with van der Waals surface area (Å²) >= 11 is 0. The first kappa shape index (κ1) is 25.4. The van der Waals surface area contributed by atoms with E-state index in [9.17, 15) is 29.1 Å². The monoisotopic (exact) mass is 479 g/mol. The van der Waals surface area contributed by atoms with Gasteiger partial charge in [0.05, 0.1) is 37.1 Å². The number of carbonyl (C=O) groups is 5. The number of carboxylic acids is 1. The molecule has 3 saturated heterocycles. The first-order valence-corrected chi connectivity index (χ1v) is 11.6. The van der Waals surface area contributed by atoms with Crippen LogP contribution >= 0.6 is 0 Å². The molecule has 3 heterocycles. The molecular weight excluding hydrogens is 446 g/mol. The standard InChI is InChI=1S/C21H33N7O6/c22-21(23)24-8-2-5-12-18(32)15-7-6-11-3-1-4-13(20(34)28(11)15)26-14(9-17(30)31)19(33)25-10-16(29)27-12/h11-15,26H,1-10H2,(H,25,33)(H,27,29)(H,30,31)(H4,22,23,24)/t11-,12+,13+,14+,15+/m1/s1. The van der Waals surface area contributed by atoms with Gasteiger partial charge in [0.15, 0.2) is 11.7 Å². The number of aliphatic carboxylic acids is 1. The maximum atomic E-state index is 13.5. The molecule has 8 N–H and O–H groups in total. The fourth-order valence-electron chi connectivity index (χ4n) is 5.00. The number of hydrogen-bond donors (Lipinski definition) is 6. The minimum Gasteiger partial charge on any atom is -0.481 e. The Morgan fingerprint density at radius 1 is 1.09 bits per heavy atom. The number of hydrogen-bond acceptors (Lipinski definition) is 7. The summed E-state index contributed by atoms with van der Waals surface area (Å²) in [4.78, 5) is 69.1. The van der Waals surface area contributed by atoms with Crippen LogP contribution in [0.25, 0.3) is 0 Å². The summed E-state index contributed by atoms with van der Waals surface area (Å²) in [6.07, 6.45) is 3.14. The Bertz CT molecular complexity index is 859. The van der Waals surface area contributed by atoms with Gasteiger partial charge in [-0.25, -0.2) is 0 Å². The third-order valence-corrected chi connectivity index (χ3v) is 6.56. The van der Waals surface area contributed by atoms with Crippen LogP contribution in [0, 0.1) is 0 Å². The van der Waals surface area contributed by atoms with Crippen molar-refractivity contribution in [2.75, 3.05) is 13.1 Å². The van der Waals surface area contributed by atoms with Crippen LogP contribution in [0.4, 0.5) is 0 Å². The van der Waals surface area contributed by atoms with Crippen molar-refractivity contribution < 1.29 is 29.1 Å². The van der Waals surface area contributed by atoms with Gasteiger partial charge in [0, 0.05) is 12.6 Å². The number of rotatable bonds is 6. The fraction of sp³-hybridized carbons (Fsp3) is 0.714. The smallest absolute Gasteiger partial charge is 0.305 e. The summed E-state index contributed by atoms with van der Waals surface area (Å²) in [5, 5.41) is 17.2. The van der Waals surface area contributed by atoms with Gasteiger partial charge in [-0.15, -0.1) is 0 Å². The second-order valence-corrected chi connectivity index (χ2v) is 8.98. The van der Waals surface area contributed by atoms with E-state index in [2.05, 4.69) is 20.9 Å². The average Bonchev–Trinajstić information content (AvgIpc) is 3.13. The molecule has 0 aliphatic carbocycles. The summed E-state index contributed by atoms with van der Waals surface area (Å²) in [5.41, 5.74) is 10.7. The van der Waals surface area contributed by atoms with E-state index in [0.717, 1.165) is 0 Å². The first-order valence-electron chi connectivity index (χ1n) is 11.6. The lowest BCUT2D eigenvalue weighted by Crippen LogP contribution is -2.57. The molecule has 0 aromatic rings. The van der Waals surface area contributed by atoms with Crippen molar-refractivity contribution in [1.82, 2.24) is 20.9 Å². The summed E-state index contributed by atoms with van der Waals surface area (Å²) in [7, 11) is 0. The molecule has 0 saturated carbocycles. The second-order valence-electron chi connectivity index (χ2n) is 8.98. The molecule has 5 atom stereocenters. The normalized spacial score (nSPS) is 30.2. The van der Waals surface area contributed by atoms with E-state index in [1.54, 1.807) is 4.90 Å². The highest BCUT2D eigenvalue weighted by atomic mass is 16.4. The number of fused-ring (bicyclic) bond motifs is 1. The molecule has 34 heavy (non-hydrogen) atoms. The van der Waals surface area contributed by atoms with E-state index in [1.165, 1.54) is 0 Å². The van der Waals surface area contributed by atoms with Gasteiger partial charge in [-0.3, -0.25) is 34.3 Å². The average molecular weight is 480 g/mol. The Morgan fingerprint density at radius 2 is 1.85 bits per heavy atom. The quantitative estimate of drug-likeness (QED) is 0.136. The lowest BCUT2D eigenvalue weighted by molar-refractivity contribution is -0.143. The third kappa shape index (κ3) is 6.22. The minimum atomic E-state index is -1.21. The molecule has 2 bridgehead atoms. The summed E-state index contributed by atoms with van der Waals surface area (Å²) in [6.45, 7) is -0.151. The Balaban J connectivity index is 1.89. The van der Waals surface area contributed by atoms with Gasteiger partial charge in [0.25, 0.3) is 0 Å². The van der Waals surface area contributed by atoms with E-state index in [-0.39, 0.29) is 36.7 Å². The molecule has 3 amide bonds. The van der Waals surface area contributed by atoms with Gasteiger partial charge < -0.3 is 32.1 Å². The van der Waals surface area contributed by atoms with Crippen LogP contribution in [0.1, 0.15) is 51.4 Å². The van der Waals surface area contributed by atoms with Crippen molar-refractivity contribution in [3.63, 3.8) is 0 Å².